The van der Waals surface area contributed by atoms with Gasteiger partial charge in [-0.25, -0.2) is 0 Å². The molecule has 17 heavy (non-hydrogen) atoms. The molecule has 0 unspecified atom stereocenters. The number of rotatable bonds is 0. The summed E-state index contributed by atoms with van der Waals surface area (Å²) in [5, 5.41) is 6.30. The van der Waals surface area contributed by atoms with Gasteiger partial charge in [0.05, 0.1) is 5.56 Å². The average molecular weight is 232 g/mol. The Labute approximate surface area is 100 Å². The summed E-state index contributed by atoms with van der Waals surface area (Å²) in [5.41, 5.74) is 1.14. The van der Waals surface area contributed by atoms with Crippen LogP contribution >= 0.6 is 0 Å². The molecule has 0 aliphatic carbocycles. The fraction of sp³-hybridized carbons (Fsp3) is 0.462. The van der Waals surface area contributed by atoms with Gasteiger partial charge in [-0.1, -0.05) is 12.1 Å². The molecule has 2 heterocycles. The topological polar surface area (TPSA) is 50.4 Å². The van der Waals surface area contributed by atoms with Crippen molar-refractivity contribution in [3.8, 4) is 5.75 Å². The maximum absolute atomic E-state index is 12.2. The highest BCUT2D eigenvalue weighted by Crippen LogP contribution is 2.33. The molecule has 1 saturated heterocycles. The zero-order chi connectivity index (χ0) is 11.9. The Hall–Kier alpha value is -1.55. The van der Waals surface area contributed by atoms with Crippen molar-refractivity contribution in [2.24, 2.45) is 0 Å². The Morgan fingerprint density at radius 3 is 2.82 bits per heavy atom. The average Bonchev–Trinajstić information content (AvgIpc) is 2.29. The lowest BCUT2D eigenvalue weighted by molar-refractivity contribution is -0.00362. The first-order valence-corrected chi connectivity index (χ1v) is 6.02. The van der Waals surface area contributed by atoms with Gasteiger partial charge in [-0.15, -0.1) is 0 Å². The van der Waals surface area contributed by atoms with Crippen LogP contribution in [0.1, 0.15) is 28.8 Å². The summed E-state index contributed by atoms with van der Waals surface area (Å²) in [6.45, 7) is 3.69. The molecule has 0 aromatic heterocycles. The smallest absolute Gasteiger partial charge is 0.258 e. The monoisotopic (exact) mass is 232 g/mol. The highest BCUT2D eigenvalue weighted by atomic mass is 16.5. The molecule has 2 aliphatic rings. The lowest BCUT2D eigenvalue weighted by Crippen LogP contribution is -2.60. The highest BCUT2D eigenvalue weighted by molar-refractivity contribution is 5.99. The van der Waals surface area contributed by atoms with Crippen LogP contribution in [0.25, 0.3) is 0 Å². The fourth-order valence-electron chi connectivity index (χ4n) is 2.58. The molecule has 2 N–H and O–H groups in total. The first-order chi connectivity index (χ1) is 8.20. The van der Waals surface area contributed by atoms with E-state index in [0.29, 0.717) is 5.56 Å². The first kappa shape index (κ1) is 10.6. The predicted molar refractivity (Wildman–Crippen MR) is 64.1 cm³/mol. The second-order valence-corrected chi connectivity index (χ2v) is 4.75. The molecule has 1 aromatic carbocycles. The zero-order valence-corrected chi connectivity index (χ0v) is 9.88. The van der Waals surface area contributed by atoms with Crippen molar-refractivity contribution in [1.82, 2.24) is 10.6 Å². The van der Waals surface area contributed by atoms with Gasteiger partial charge in [0, 0.05) is 25.9 Å². The van der Waals surface area contributed by atoms with E-state index in [-0.39, 0.29) is 5.91 Å². The lowest BCUT2D eigenvalue weighted by atomic mass is 9.96. The van der Waals surface area contributed by atoms with Gasteiger partial charge in [-0.3, -0.25) is 4.79 Å². The van der Waals surface area contributed by atoms with Crippen LogP contribution in [0.15, 0.2) is 18.2 Å². The van der Waals surface area contributed by atoms with Crippen molar-refractivity contribution in [1.29, 1.82) is 0 Å². The Balaban J connectivity index is 2.00. The molecule has 1 amide bonds. The fourth-order valence-corrected chi connectivity index (χ4v) is 2.58. The number of piperidine rings is 1. The number of hydrogen-bond acceptors (Lipinski definition) is 3. The van der Waals surface area contributed by atoms with E-state index in [1.807, 2.05) is 25.1 Å². The van der Waals surface area contributed by atoms with Crippen LogP contribution < -0.4 is 15.4 Å². The van der Waals surface area contributed by atoms with Crippen LogP contribution in [0.2, 0.25) is 0 Å². The van der Waals surface area contributed by atoms with E-state index in [4.69, 9.17) is 4.74 Å². The number of nitrogens with one attached hydrogen (secondary N) is 2. The van der Waals surface area contributed by atoms with Crippen molar-refractivity contribution in [3.63, 3.8) is 0 Å². The van der Waals surface area contributed by atoms with Crippen LogP contribution in [-0.4, -0.2) is 24.7 Å². The second kappa shape index (κ2) is 3.74. The molecule has 1 fully saturated rings. The number of hydrogen-bond donors (Lipinski definition) is 2. The molecule has 0 saturated carbocycles. The number of amides is 1. The Bertz CT molecular complexity index is 464. The van der Waals surface area contributed by atoms with Crippen molar-refractivity contribution < 1.29 is 9.53 Å². The van der Waals surface area contributed by atoms with Gasteiger partial charge >= 0.3 is 0 Å². The van der Waals surface area contributed by atoms with Crippen LogP contribution in [0.4, 0.5) is 0 Å². The summed E-state index contributed by atoms with van der Waals surface area (Å²) in [4.78, 5) is 12.2. The minimum absolute atomic E-state index is 0.00810. The molecule has 0 radical (unpaired) electrons. The minimum Gasteiger partial charge on any atom is -0.467 e. The Morgan fingerprint density at radius 2 is 2.06 bits per heavy atom. The molecule has 0 bridgehead atoms. The number of carbonyl (C=O) groups excluding carboxylic acids is 1. The third-order valence-electron chi connectivity index (χ3n) is 3.52. The van der Waals surface area contributed by atoms with Gasteiger partial charge < -0.3 is 15.4 Å². The number of ether oxygens (including phenoxy) is 1. The van der Waals surface area contributed by atoms with Crippen molar-refractivity contribution >= 4 is 5.91 Å². The van der Waals surface area contributed by atoms with Crippen molar-refractivity contribution in [2.75, 3.05) is 13.1 Å². The number of carbonyl (C=O) groups is 1. The molecule has 1 spiro atoms. The van der Waals surface area contributed by atoms with Crippen LogP contribution in [0, 0.1) is 6.92 Å². The van der Waals surface area contributed by atoms with E-state index in [9.17, 15) is 4.79 Å². The molecule has 3 rings (SSSR count). The van der Waals surface area contributed by atoms with Gasteiger partial charge in [-0.2, -0.15) is 0 Å². The molecular formula is C13H16N2O2. The number of aryl methyl sites for hydroxylation is 1. The first-order valence-electron chi connectivity index (χ1n) is 6.02. The lowest BCUT2D eigenvalue weighted by Gasteiger charge is -2.42. The van der Waals surface area contributed by atoms with Crippen LogP contribution in [0.5, 0.6) is 5.75 Å². The third-order valence-corrected chi connectivity index (χ3v) is 3.52. The minimum atomic E-state index is -0.497. The summed E-state index contributed by atoms with van der Waals surface area (Å²) in [6.07, 6.45) is 1.62. The summed E-state index contributed by atoms with van der Waals surface area (Å²) in [5.74, 6) is 0.710. The molecular weight excluding hydrogens is 216 g/mol. The number of fused-ring (bicyclic) bond motifs is 1. The van der Waals surface area contributed by atoms with E-state index in [0.717, 1.165) is 37.2 Å². The molecule has 4 nitrogen and oxygen atoms in total. The predicted octanol–water partition coefficient (Wildman–Crippen LogP) is 1.20. The standard InChI is InChI=1S/C13H16N2O2/c1-9-3-2-4-10-11(9)12(16)15-13(17-10)5-7-14-8-6-13/h2-4,14H,5-8H2,1H3,(H,15,16). The Morgan fingerprint density at radius 1 is 1.29 bits per heavy atom. The second-order valence-electron chi connectivity index (χ2n) is 4.75. The normalized spacial score (nSPS) is 21.6. The quantitative estimate of drug-likeness (QED) is 0.706. The largest absolute Gasteiger partial charge is 0.467 e. The zero-order valence-electron chi connectivity index (χ0n) is 9.88. The van der Waals surface area contributed by atoms with E-state index >= 15 is 0 Å². The molecule has 0 atom stereocenters. The molecule has 90 valence electrons. The summed E-state index contributed by atoms with van der Waals surface area (Å²) < 4.78 is 6.04. The summed E-state index contributed by atoms with van der Waals surface area (Å²) in [7, 11) is 0. The van der Waals surface area contributed by atoms with E-state index in [1.165, 1.54) is 0 Å². The van der Waals surface area contributed by atoms with Gasteiger partial charge in [0.1, 0.15) is 5.75 Å². The van der Waals surface area contributed by atoms with Gasteiger partial charge in [0.2, 0.25) is 0 Å². The van der Waals surface area contributed by atoms with Crippen molar-refractivity contribution in [3.05, 3.63) is 29.3 Å². The van der Waals surface area contributed by atoms with Gasteiger partial charge in [-0.05, 0) is 18.6 Å². The SMILES string of the molecule is Cc1cccc2c1C(=O)NC1(CCNCC1)O2. The van der Waals surface area contributed by atoms with Gasteiger partial charge in [0.15, 0.2) is 5.72 Å². The van der Waals surface area contributed by atoms with Crippen molar-refractivity contribution in [2.45, 2.75) is 25.5 Å². The molecule has 4 heteroatoms. The molecule has 1 aromatic rings. The summed E-state index contributed by atoms with van der Waals surface area (Å²) in [6, 6.07) is 5.74. The summed E-state index contributed by atoms with van der Waals surface area (Å²) >= 11 is 0. The maximum atomic E-state index is 12.2. The highest BCUT2D eigenvalue weighted by Gasteiger charge is 2.41. The van der Waals surface area contributed by atoms with Gasteiger partial charge in [0.25, 0.3) is 5.91 Å². The van der Waals surface area contributed by atoms with Crippen LogP contribution in [-0.2, 0) is 0 Å². The third kappa shape index (κ3) is 1.69. The molecule has 2 aliphatic heterocycles. The number of benzene rings is 1. The van der Waals surface area contributed by atoms with E-state index < -0.39 is 5.72 Å². The van der Waals surface area contributed by atoms with E-state index in [2.05, 4.69) is 10.6 Å². The maximum Gasteiger partial charge on any atom is 0.258 e. The van der Waals surface area contributed by atoms with Crippen LogP contribution in [0.3, 0.4) is 0 Å². The van der Waals surface area contributed by atoms with E-state index in [1.54, 1.807) is 0 Å². The Kier molecular flexibility index (Phi) is 2.33.